The molecule has 0 amide bonds. The summed E-state index contributed by atoms with van der Waals surface area (Å²) in [5.41, 5.74) is 1.08. The van der Waals surface area contributed by atoms with Gasteiger partial charge < -0.3 is 18.6 Å². The molecule has 7 atom stereocenters. The van der Waals surface area contributed by atoms with Crippen molar-refractivity contribution in [3.05, 3.63) is 96.6 Å². The molecule has 0 spiro atoms. The number of hydrogen-bond acceptors (Lipinski definition) is 5. The number of carbonyl (C=O) groups excluding carboxylic acids is 1. The van der Waals surface area contributed by atoms with Crippen LogP contribution < -0.4 is 10.4 Å². The smallest absolute Gasteiger partial charge is 0.311 e. The van der Waals surface area contributed by atoms with Crippen LogP contribution in [0.1, 0.15) is 66.9 Å². The molecule has 0 bridgehead atoms. The minimum absolute atomic E-state index is 0.00888. The highest BCUT2D eigenvalue weighted by molar-refractivity contribution is 6.99. The summed E-state index contributed by atoms with van der Waals surface area (Å²) < 4.78 is 25.9. The molecule has 0 aromatic heterocycles. The van der Waals surface area contributed by atoms with Crippen LogP contribution in [0.2, 0.25) is 5.04 Å². The van der Waals surface area contributed by atoms with E-state index in [0.717, 1.165) is 18.4 Å². The first kappa shape index (κ1) is 35.1. The van der Waals surface area contributed by atoms with Gasteiger partial charge in [-0.3, -0.25) is 4.79 Å². The Hall–Kier alpha value is -2.77. The van der Waals surface area contributed by atoms with Crippen molar-refractivity contribution in [1.29, 1.82) is 0 Å². The van der Waals surface area contributed by atoms with Crippen LogP contribution in [-0.4, -0.2) is 46.3 Å². The lowest BCUT2D eigenvalue weighted by atomic mass is 9.79. The Kier molecular flexibility index (Phi) is 12.2. The maximum Gasteiger partial charge on any atom is 0.311 e. The summed E-state index contributed by atoms with van der Waals surface area (Å²) in [6.07, 6.45) is 1.70. The fraction of sp³-hybridized carbons (Fsp3) is 0.513. The molecule has 4 rings (SSSR count). The van der Waals surface area contributed by atoms with E-state index in [4.69, 9.17) is 18.6 Å². The van der Waals surface area contributed by atoms with E-state index < -0.39 is 14.2 Å². The summed E-state index contributed by atoms with van der Waals surface area (Å²) in [6.45, 7) is 16.6. The van der Waals surface area contributed by atoms with Gasteiger partial charge in [0.05, 0.1) is 37.9 Å². The highest BCUT2D eigenvalue weighted by Gasteiger charge is 2.50. The van der Waals surface area contributed by atoms with E-state index >= 15 is 0 Å². The Bertz CT molecular complexity index is 1270. The van der Waals surface area contributed by atoms with Crippen LogP contribution in [0.4, 0.5) is 0 Å². The van der Waals surface area contributed by atoms with Crippen molar-refractivity contribution in [3.63, 3.8) is 0 Å². The van der Waals surface area contributed by atoms with E-state index in [1.54, 1.807) is 0 Å². The van der Waals surface area contributed by atoms with Gasteiger partial charge >= 0.3 is 5.97 Å². The summed E-state index contributed by atoms with van der Waals surface area (Å²) in [5, 5.41) is 2.49. The lowest BCUT2D eigenvalue weighted by molar-refractivity contribution is -0.171. The molecule has 3 aromatic rings. The third-order valence-corrected chi connectivity index (χ3v) is 14.8. The third-order valence-electron chi connectivity index (χ3n) is 9.80. The molecule has 0 radical (unpaired) electrons. The van der Waals surface area contributed by atoms with Crippen LogP contribution in [0, 0.1) is 23.7 Å². The van der Waals surface area contributed by atoms with E-state index in [1.807, 2.05) is 37.3 Å². The number of hydrogen-bond donors (Lipinski definition) is 0. The van der Waals surface area contributed by atoms with Crippen molar-refractivity contribution < 1.29 is 23.4 Å². The van der Waals surface area contributed by atoms with Gasteiger partial charge in [0.25, 0.3) is 8.32 Å². The second kappa shape index (κ2) is 15.7. The molecule has 1 heterocycles. The maximum absolute atomic E-state index is 12.7. The zero-order valence-corrected chi connectivity index (χ0v) is 29.6. The first-order valence-electron chi connectivity index (χ1n) is 16.6. The summed E-state index contributed by atoms with van der Waals surface area (Å²) >= 11 is 0. The molecular weight excluding hydrogens is 577 g/mol. The lowest BCUT2D eigenvalue weighted by Crippen LogP contribution is -2.67. The number of esters is 1. The molecule has 0 unspecified atom stereocenters. The second-order valence-corrected chi connectivity index (χ2v) is 18.4. The normalized spacial score (nSPS) is 21.8. The zero-order valence-electron chi connectivity index (χ0n) is 28.6. The molecule has 1 saturated heterocycles. The van der Waals surface area contributed by atoms with Crippen molar-refractivity contribution in [2.24, 2.45) is 23.7 Å². The molecule has 1 fully saturated rings. The van der Waals surface area contributed by atoms with Gasteiger partial charge in [-0.05, 0) is 46.7 Å². The van der Waals surface area contributed by atoms with Gasteiger partial charge in [0, 0.05) is 18.4 Å². The SMILES string of the molecule is COC(=O)[C@H](C)[C@H](OCc1ccccc1)[C@H](C)[C@H]1O[C@H]([C@H](C)CO[Si](c2ccccc2)(c2ccccc2)C(C)(C)C)CC[C@@H]1C. The number of methoxy groups -OCH3 is 1. The third kappa shape index (κ3) is 8.15. The average Bonchev–Trinajstić information content (AvgIpc) is 3.05. The van der Waals surface area contributed by atoms with E-state index in [0.29, 0.717) is 19.1 Å². The summed E-state index contributed by atoms with van der Waals surface area (Å²) in [4.78, 5) is 12.7. The number of ether oxygens (including phenoxy) is 3. The number of benzene rings is 3. The summed E-state index contributed by atoms with van der Waals surface area (Å²) in [6, 6.07) is 31.7. The fourth-order valence-electron chi connectivity index (χ4n) is 7.21. The Morgan fingerprint density at radius 3 is 1.91 bits per heavy atom. The van der Waals surface area contributed by atoms with Crippen LogP contribution in [0.15, 0.2) is 91.0 Å². The Labute approximate surface area is 272 Å². The fourth-order valence-corrected chi connectivity index (χ4v) is 11.9. The van der Waals surface area contributed by atoms with Crippen molar-refractivity contribution >= 4 is 24.7 Å². The van der Waals surface area contributed by atoms with Crippen LogP contribution in [0.25, 0.3) is 0 Å². The quantitative estimate of drug-likeness (QED) is 0.145. The molecule has 45 heavy (non-hydrogen) atoms. The predicted octanol–water partition coefficient (Wildman–Crippen LogP) is 7.41. The van der Waals surface area contributed by atoms with Gasteiger partial charge in [0.15, 0.2) is 0 Å². The van der Waals surface area contributed by atoms with Crippen molar-refractivity contribution in [1.82, 2.24) is 0 Å². The van der Waals surface area contributed by atoms with Crippen molar-refractivity contribution in [2.75, 3.05) is 13.7 Å². The molecule has 0 aliphatic carbocycles. The van der Waals surface area contributed by atoms with Gasteiger partial charge in [-0.25, -0.2) is 0 Å². The van der Waals surface area contributed by atoms with Gasteiger partial charge in [0.1, 0.15) is 0 Å². The Morgan fingerprint density at radius 2 is 1.40 bits per heavy atom. The first-order valence-corrected chi connectivity index (χ1v) is 18.5. The van der Waals surface area contributed by atoms with Crippen molar-refractivity contribution in [2.45, 2.75) is 91.3 Å². The van der Waals surface area contributed by atoms with Crippen LogP contribution in [0.5, 0.6) is 0 Å². The largest absolute Gasteiger partial charge is 0.469 e. The average molecular weight is 631 g/mol. The molecular formula is C39H54O5Si. The topological polar surface area (TPSA) is 54.0 Å². The van der Waals surface area contributed by atoms with Gasteiger partial charge in [-0.2, -0.15) is 0 Å². The minimum Gasteiger partial charge on any atom is -0.469 e. The highest BCUT2D eigenvalue weighted by Crippen LogP contribution is 2.39. The number of rotatable bonds is 13. The van der Waals surface area contributed by atoms with Crippen LogP contribution in [-0.2, 0) is 30.0 Å². The van der Waals surface area contributed by atoms with Crippen LogP contribution in [0.3, 0.4) is 0 Å². The van der Waals surface area contributed by atoms with Gasteiger partial charge in [-0.1, -0.05) is 133 Å². The molecule has 244 valence electrons. The molecule has 1 aliphatic heterocycles. The molecule has 1 aliphatic rings. The lowest BCUT2D eigenvalue weighted by Gasteiger charge is -2.46. The van der Waals surface area contributed by atoms with E-state index in [-0.39, 0.29) is 41.2 Å². The van der Waals surface area contributed by atoms with E-state index in [1.165, 1.54) is 17.5 Å². The number of carbonyl (C=O) groups is 1. The molecule has 3 aromatic carbocycles. The van der Waals surface area contributed by atoms with Gasteiger partial charge in [-0.15, -0.1) is 0 Å². The van der Waals surface area contributed by atoms with Crippen LogP contribution >= 0.6 is 0 Å². The highest BCUT2D eigenvalue weighted by atomic mass is 28.4. The monoisotopic (exact) mass is 630 g/mol. The Balaban J connectivity index is 1.54. The predicted molar refractivity (Wildman–Crippen MR) is 185 cm³/mol. The van der Waals surface area contributed by atoms with E-state index in [9.17, 15) is 4.79 Å². The van der Waals surface area contributed by atoms with E-state index in [2.05, 4.69) is 102 Å². The second-order valence-electron chi connectivity index (χ2n) is 14.1. The summed E-state index contributed by atoms with van der Waals surface area (Å²) in [5.74, 6) is -0.150. The summed E-state index contributed by atoms with van der Waals surface area (Å²) in [7, 11) is -1.20. The molecule has 5 nitrogen and oxygen atoms in total. The minimum atomic E-state index is -2.65. The standard InChI is InChI=1S/C39H54O5Si/c1-28-24-25-35(44-36(28)30(3)37(31(4)38(40)41-8)42-27-32-18-12-9-13-19-32)29(2)26-43-45(39(5,6)7,33-20-14-10-15-21-33)34-22-16-11-17-23-34/h9-23,28-31,35-37H,24-27H2,1-8H3/t28-,29+,30+,31+,35-,36-,37+/m0/s1. The zero-order chi connectivity index (χ0) is 32.6. The van der Waals surface area contributed by atoms with Gasteiger partial charge in [0.2, 0.25) is 0 Å². The first-order chi connectivity index (χ1) is 21.5. The molecule has 6 heteroatoms. The molecule has 0 saturated carbocycles. The van der Waals surface area contributed by atoms with Crippen molar-refractivity contribution in [3.8, 4) is 0 Å². The Morgan fingerprint density at radius 1 is 0.867 bits per heavy atom. The maximum atomic E-state index is 12.7. The molecule has 0 N–H and O–H groups in total.